The summed E-state index contributed by atoms with van der Waals surface area (Å²) in [5.41, 5.74) is 0.514. The van der Waals surface area contributed by atoms with Crippen LogP contribution in [-0.2, 0) is 0 Å². The Morgan fingerprint density at radius 2 is 1.93 bits per heavy atom. The molecule has 0 saturated heterocycles. The number of benzene rings is 1. The molecule has 0 unspecified atom stereocenters. The second kappa shape index (κ2) is 5.37. The molecule has 0 spiro atoms. The van der Waals surface area contributed by atoms with Gasteiger partial charge < -0.3 is 0 Å². The number of halogens is 2. The summed E-state index contributed by atoms with van der Waals surface area (Å²) in [7, 11) is 0. The van der Waals surface area contributed by atoms with Gasteiger partial charge in [0.2, 0.25) is 0 Å². The third-order valence-corrected chi connectivity index (χ3v) is 2.55. The molecule has 0 aliphatic rings. The van der Waals surface area contributed by atoms with E-state index in [1.165, 1.54) is 0 Å². The molecule has 2 nitrogen and oxygen atoms in total. The van der Waals surface area contributed by atoms with Crippen LogP contribution in [0.4, 0.5) is 0 Å². The number of nitrogens with zero attached hydrogens (tertiary/aromatic N) is 1. The van der Waals surface area contributed by atoms with Crippen molar-refractivity contribution < 1.29 is 4.79 Å². The van der Waals surface area contributed by atoms with Crippen molar-refractivity contribution in [2.75, 3.05) is 5.33 Å². The van der Waals surface area contributed by atoms with Crippen molar-refractivity contribution in [3.8, 4) is 0 Å². The van der Waals surface area contributed by atoms with Gasteiger partial charge in [0.05, 0.1) is 5.33 Å². The van der Waals surface area contributed by atoms with Crippen molar-refractivity contribution >= 4 is 49.5 Å². The molecule has 15 heavy (non-hydrogen) atoms. The molecule has 0 bridgehead atoms. The maximum atomic E-state index is 11.3. The average Bonchev–Trinajstić information content (AvgIpc) is 2.27. The fourth-order valence-corrected chi connectivity index (χ4v) is 1.59. The lowest BCUT2D eigenvalue weighted by Crippen LogP contribution is -2.02. The number of carbonyl (C=O) groups is 1. The highest BCUT2D eigenvalue weighted by Crippen LogP contribution is 2.13. The number of alkyl halides is 1. The van der Waals surface area contributed by atoms with E-state index >= 15 is 0 Å². The topological polar surface area (TPSA) is 30.0 Å². The normalized spacial score (nSPS) is 9.67. The first-order valence-corrected chi connectivity index (χ1v) is 5.37. The average molecular weight is 331 g/mol. The van der Waals surface area contributed by atoms with Gasteiger partial charge in [0, 0.05) is 11.6 Å². The maximum Gasteiger partial charge on any atom is 0.191 e. The Morgan fingerprint density at radius 3 is 2.60 bits per heavy atom. The van der Waals surface area contributed by atoms with E-state index in [9.17, 15) is 4.79 Å². The van der Waals surface area contributed by atoms with Crippen LogP contribution in [0.2, 0.25) is 0 Å². The van der Waals surface area contributed by atoms with Crippen molar-refractivity contribution in [1.82, 2.24) is 4.98 Å². The van der Waals surface area contributed by atoms with Gasteiger partial charge in [-0.15, -0.1) is 17.0 Å². The first-order valence-electron chi connectivity index (χ1n) is 4.25. The molecule has 0 aliphatic heterocycles. The van der Waals surface area contributed by atoms with Crippen LogP contribution in [-0.4, -0.2) is 16.1 Å². The number of pyridine rings is 1. The molecule has 0 aliphatic carbocycles. The highest BCUT2D eigenvalue weighted by atomic mass is 79.9. The smallest absolute Gasteiger partial charge is 0.191 e. The molecule has 78 valence electrons. The second-order valence-electron chi connectivity index (χ2n) is 2.97. The summed E-state index contributed by atoms with van der Waals surface area (Å²) in [6, 6.07) is 9.67. The Hall–Kier alpha value is -0.740. The molecule has 0 amide bonds. The van der Waals surface area contributed by atoms with Gasteiger partial charge in [0.15, 0.2) is 5.78 Å². The number of fused-ring (bicyclic) bond motifs is 1. The van der Waals surface area contributed by atoms with Crippen LogP contribution in [0.25, 0.3) is 10.8 Å². The summed E-state index contributed by atoms with van der Waals surface area (Å²) in [6.07, 6.45) is 1.73. The number of hydrogen-bond acceptors (Lipinski definition) is 2. The van der Waals surface area contributed by atoms with Gasteiger partial charge in [0.25, 0.3) is 0 Å². The van der Waals surface area contributed by atoms with E-state index in [1.807, 2.05) is 30.3 Å². The number of hydrogen-bond donors (Lipinski definition) is 0. The van der Waals surface area contributed by atoms with Crippen LogP contribution in [0, 0.1) is 0 Å². The van der Waals surface area contributed by atoms with E-state index in [-0.39, 0.29) is 22.8 Å². The Balaban J connectivity index is 0.00000112. The number of Topliss-reactive ketones (excluding diaryl/α,β-unsaturated/α-hetero) is 1. The standard InChI is InChI=1S/C11H8BrNO.BrH/c12-6-11(14)10-5-8-3-1-2-4-9(8)7-13-10;/h1-5,7H,6H2;1H. The predicted octanol–water partition coefficient (Wildman–Crippen LogP) is 3.39. The Bertz CT molecular complexity index is 485. The summed E-state index contributed by atoms with van der Waals surface area (Å²) < 4.78 is 0. The van der Waals surface area contributed by atoms with Gasteiger partial charge in [-0.1, -0.05) is 40.2 Å². The minimum Gasteiger partial charge on any atom is -0.291 e. The zero-order chi connectivity index (χ0) is 9.97. The number of rotatable bonds is 2. The van der Waals surface area contributed by atoms with Crippen molar-refractivity contribution in [3.63, 3.8) is 0 Å². The van der Waals surface area contributed by atoms with Crippen LogP contribution >= 0.6 is 32.9 Å². The molecule has 2 rings (SSSR count). The lowest BCUT2D eigenvalue weighted by atomic mass is 10.1. The van der Waals surface area contributed by atoms with Crippen LogP contribution in [0.15, 0.2) is 36.5 Å². The summed E-state index contributed by atoms with van der Waals surface area (Å²) in [5.74, 6) is 0.00996. The van der Waals surface area contributed by atoms with E-state index in [0.717, 1.165) is 10.8 Å². The molecular weight excluding hydrogens is 322 g/mol. The van der Waals surface area contributed by atoms with Gasteiger partial charge in [-0.3, -0.25) is 9.78 Å². The van der Waals surface area contributed by atoms with E-state index < -0.39 is 0 Å². The van der Waals surface area contributed by atoms with Gasteiger partial charge in [-0.05, 0) is 11.5 Å². The van der Waals surface area contributed by atoms with Crippen molar-refractivity contribution in [2.24, 2.45) is 0 Å². The number of aromatic nitrogens is 1. The van der Waals surface area contributed by atoms with Gasteiger partial charge in [0.1, 0.15) is 5.69 Å². The molecule has 1 aromatic carbocycles. The van der Waals surface area contributed by atoms with E-state index in [0.29, 0.717) is 11.0 Å². The maximum absolute atomic E-state index is 11.3. The van der Waals surface area contributed by atoms with E-state index in [1.54, 1.807) is 6.20 Å². The zero-order valence-corrected chi connectivity index (χ0v) is 11.1. The molecule has 1 aromatic heterocycles. The molecular formula is C11H9Br2NO. The minimum absolute atomic E-state index is 0. The third kappa shape index (κ3) is 2.63. The monoisotopic (exact) mass is 329 g/mol. The first-order chi connectivity index (χ1) is 6.81. The van der Waals surface area contributed by atoms with Crippen LogP contribution in [0.3, 0.4) is 0 Å². The van der Waals surface area contributed by atoms with E-state index in [2.05, 4.69) is 20.9 Å². The van der Waals surface area contributed by atoms with Crippen molar-refractivity contribution in [2.45, 2.75) is 0 Å². The molecule has 0 radical (unpaired) electrons. The number of ketones is 1. The van der Waals surface area contributed by atoms with Gasteiger partial charge in [-0.2, -0.15) is 0 Å². The van der Waals surface area contributed by atoms with Gasteiger partial charge in [-0.25, -0.2) is 0 Å². The molecule has 0 saturated carbocycles. The van der Waals surface area contributed by atoms with Crippen LogP contribution in [0.1, 0.15) is 10.5 Å². The Labute approximate surface area is 107 Å². The SMILES string of the molecule is Br.O=C(CBr)c1cc2ccccc2cn1. The largest absolute Gasteiger partial charge is 0.291 e. The molecule has 0 atom stereocenters. The molecule has 1 heterocycles. The Morgan fingerprint density at radius 1 is 1.27 bits per heavy atom. The molecule has 4 heteroatoms. The fraction of sp³-hybridized carbons (Fsp3) is 0.0909. The molecule has 0 fully saturated rings. The highest BCUT2D eigenvalue weighted by Gasteiger charge is 2.05. The summed E-state index contributed by atoms with van der Waals surface area (Å²) in [6.45, 7) is 0. The van der Waals surface area contributed by atoms with E-state index in [4.69, 9.17) is 0 Å². The zero-order valence-electron chi connectivity index (χ0n) is 7.81. The highest BCUT2D eigenvalue weighted by molar-refractivity contribution is 9.09. The van der Waals surface area contributed by atoms with Crippen LogP contribution in [0.5, 0.6) is 0 Å². The second-order valence-corrected chi connectivity index (χ2v) is 3.53. The van der Waals surface area contributed by atoms with Crippen molar-refractivity contribution in [1.29, 1.82) is 0 Å². The fourth-order valence-electron chi connectivity index (χ4n) is 1.30. The predicted molar refractivity (Wildman–Crippen MR) is 70.2 cm³/mol. The summed E-state index contributed by atoms with van der Waals surface area (Å²) in [4.78, 5) is 15.4. The lowest BCUT2D eigenvalue weighted by molar-refractivity contribution is 0.101. The Kier molecular flexibility index (Phi) is 4.42. The minimum atomic E-state index is 0. The summed E-state index contributed by atoms with van der Waals surface area (Å²) >= 11 is 3.13. The van der Waals surface area contributed by atoms with Crippen molar-refractivity contribution in [3.05, 3.63) is 42.2 Å². The quantitative estimate of drug-likeness (QED) is 0.624. The van der Waals surface area contributed by atoms with Crippen LogP contribution < -0.4 is 0 Å². The number of carbonyl (C=O) groups excluding carboxylic acids is 1. The summed E-state index contributed by atoms with van der Waals surface area (Å²) in [5, 5.41) is 2.42. The molecule has 2 aromatic rings. The third-order valence-electron chi connectivity index (χ3n) is 2.04. The molecule has 0 N–H and O–H groups in total. The lowest BCUT2D eigenvalue weighted by Gasteiger charge is -1.99. The van der Waals surface area contributed by atoms with Gasteiger partial charge >= 0.3 is 0 Å². The first kappa shape index (κ1) is 12.3.